The van der Waals surface area contributed by atoms with Gasteiger partial charge in [-0.15, -0.1) is 0 Å². The molecule has 0 heterocycles. The number of nitrogens with one attached hydrogen (secondary N) is 1. The SMILES string of the molecule is CCOCCCC1(C)CCC(NC)C1. The Morgan fingerprint density at radius 3 is 2.86 bits per heavy atom. The van der Waals surface area contributed by atoms with E-state index in [-0.39, 0.29) is 0 Å². The zero-order valence-corrected chi connectivity index (χ0v) is 9.94. The molecule has 2 atom stereocenters. The van der Waals surface area contributed by atoms with Gasteiger partial charge in [0, 0.05) is 19.3 Å². The molecule has 0 radical (unpaired) electrons. The molecular formula is C12H25NO. The molecule has 1 fully saturated rings. The van der Waals surface area contributed by atoms with Crippen LogP contribution < -0.4 is 5.32 Å². The van der Waals surface area contributed by atoms with Crippen molar-refractivity contribution in [2.75, 3.05) is 20.3 Å². The van der Waals surface area contributed by atoms with E-state index in [4.69, 9.17) is 4.74 Å². The predicted octanol–water partition coefficient (Wildman–Crippen LogP) is 2.58. The summed E-state index contributed by atoms with van der Waals surface area (Å²) in [5.41, 5.74) is 0.574. The Morgan fingerprint density at radius 2 is 2.29 bits per heavy atom. The van der Waals surface area contributed by atoms with Gasteiger partial charge < -0.3 is 10.1 Å². The lowest BCUT2D eigenvalue weighted by Gasteiger charge is -2.24. The molecular weight excluding hydrogens is 174 g/mol. The smallest absolute Gasteiger partial charge is 0.0466 e. The number of hydrogen-bond acceptors (Lipinski definition) is 2. The third kappa shape index (κ3) is 3.58. The minimum Gasteiger partial charge on any atom is -0.382 e. The summed E-state index contributed by atoms with van der Waals surface area (Å²) in [6.45, 7) is 6.29. The van der Waals surface area contributed by atoms with Gasteiger partial charge in [-0.25, -0.2) is 0 Å². The Morgan fingerprint density at radius 1 is 1.50 bits per heavy atom. The van der Waals surface area contributed by atoms with Gasteiger partial charge >= 0.3 is 0 Å². The molecule has 2 heteroatoms. The first-order valence-corrected chi connectivity index (χ1v) is 5.95. The van der Waals surface area contributed by atoms with Crippen LogP contribution in [0.25, 0.3) is 0 Å². The van der Waals surface area contributed by atoms with Gasteiger partial charge in [0.05, 0.1) is 0 Å². The van der Waals surface area contributed by atoms with Gasteiger partial charge in [-0.1, -0.05) is 6.92 Å². The molecule has 14 heavy (non-hydrogen) atoms. The summed E-state index contributed by atoms with van der Waals surface area (Å²) < 4.78 is 5.38. The predicted molar refractivity (Wildman–Crippen MR) is 60.5 cm³/mol. The molecule has 0 spiro atoms. The minimum absolute atomic E-state index is 0.574. The molecule has 1 N–H and O–H groups in total. The van der Waals surface area contributed by atoms with Crippen LogP contribution in [0, 0.1) is 5.41 Å². The van der Waals surface area contributed by atoms with Gasteiger partial charge in [0.15, 0.2) is 0 Å². The summed E-state index contributed by atoms with van der Waals surface area (Å²) in [4.78, 5) is 0. The lowest BCUT2D eigenvalue weighted by Crippen LogP contribution is -2.23. The third-order valence-electron chi connectivity index (χ3n) is 3.52. The molecule has 1 aliphatic carbocycles. The molecule has 0 amide bonds. The minimum atomic E-state index is 0.574. The van der Waals surface area contributed by atoms with Crippen molar-refractivity contribution >= 4 is 0 Å². The highest BCUT2D eigenvalue weighted by atomic mass is 16.5. The van der Waals surface area contributed by atoms with Gasteiger partial charge in [-0.3, -0.25) is 0 Å². The molecule has 0 aromatic rings. The van der Waals surface area contributed by atoms with Crippen LogP contribution in [0.1, 0.15) is 46.0 Å². The first-order chi connectivity index (χ1) is 6.70. The van der Waals surface area contributed by atoms with Crippen molar-refractivity contribution in [1.29, 1.82) is 0 Å². The second kappa shape index (κ2) is 5.72. The molecule has 2 unspecified atom stereocenters. The first-order valence-electron chi connectivity index (χ1n) is 5.95. The fourth-order valence-electron chi connectivity index (χ4n) is 2.54. The Balaban J connectivity index is 2.16. The van der Waals surface area contributed by atoms with Crippen LogP contribution in [-0.2, 0) is 4.74 Å². The van der Waals surface area contributed by atoms with Gasteiger partial charge in [0.25, 0.3) is 0 Å². The van der Waals surface area contributed by atoms with E-state index in [0.717, 1.165) is 19.3 Å². The lowest BCUT2D eigenvalue weighted by molar-refractivity contribution is 0.130. The van der Waals surface area contributed by atoms with Crippen molar-refractivity contribution in [3.05, 3.63) is 0 Å². The zero-order chi connectivity index (χ0) is 10.4. The van der Waals surface area contributed by atoms with Crippen molar-refractivity contribution in [3.8, 4) is 0 Å². The van der Waals surface area contributed by atoms with Crippen LogP contribution in [0.5, 0.6) is 0 Å². The number of ether oxygens (including phenoxy) is 1. The molecule has 0 aliphatic heterocycles. The standard InChI is InChI=1S/C12H25NO/c1-4-14-9-5-7-12(2)8-6-11(10-12)13-3/h11,13H,4-10H2,1-3H3. The third-order valence-corrected chi connectivity index (χ3v) is 3.52. The van der Waals surface area contributed by atoms with Crippen molar-refractivity contribution in [2.45, 2.75) is 52.0 Å². The summed E-state index contributed by atoms with van der Waals surface area (Å²) in [6, 6.07) is 0.757. The van der Waals surface area contributed by atoms with Crippen molar-refractivity contribution in [2.24, 2.45) is 5.41 Å². The molecule has 0 aromatic heterocycles. The highest BCUT2D eigenvalue weighted by Gasteiger charge is 2.33. The van der Waals surface area contributed by atoms with Gasteiger partial charge in [-0.05, 0) is 51.5 Å². The molecule has 0 bridgehead atoms. The Hall–Kier alpha value is -0.0800. The highest BCUT2D eigenvalue weighted by Crippen LogP contribution is 2.41. The first kappa shape index (κ1) is 12.0. The van der Waals surface area contributed by atoms with Crippen LogP contribution in [0.3, 0.4) is 0 Å². The Kier molecular flexibility index (Phi) is 4.90. The van der Waals surface area contributed by atoms with Gasteiger partial charge in [-0.2, -0.15) is 0 Å². The molecule has 84 valence electrons. The van der Waals surface area contributed by atoms with Crippen LogP contribution >= 0.6 is 0 Å². The molecule has 0 saturated heterocycles. The fraction of sp³-hybridized carbons (Fsp3) is 1.00. The van der Waals surface area contributed by atoms with Crippen molar-refractivity contribution < 1.29 is 4.74 Å². The molecule has 1 saturated carbocycles. The Labute approximate surface area is 88.4 Å². The van der Waals surface area contributed by atoms with Crippen LogP contribution in [0.4, 0.5) is 0 Å². The monoisotopic (exact) mass is 199 g/mol. The van der Waals surface area contributed by atoms with Crippen LogP contribution in [0.15, 0.2) is 0 Å². The average molecular weight is 199 g/mol. The van der Waals surface area contributed by atoms with Gasteiger partial charge in [0.2, 0.25) is 0 Å². The topological polar surface area (TPSA) is 21.3 Å². The van der Waals surface area contributed by atoms with Gasteiger partial charge in [0.1, 0.15) is 0 Å². The van der Waals surface area contributed by atoms with E-state index >= 15 is 0 Å². The van der Waals surface area contributed by atoms with Crippen molar-refractivity contribution in [3.63, 3.8) is 0 Å². The van der Waals surface area contributed by atoms with E-state index in [1.807, 2.05) is 0 Å². The van der Waals surface area contributed by atoms with E-state index in [9.17, 15) is 0 Å². The number of rotatable bonds is 6. The lowest BCUT2D eigenvalue weighted by atomic mass is 9.84. The summed E-state index contributed by atoms with van der Waals surface area (Å²) in [7, 11) is 2.08. The van der Waals surface area contributed by atoms with Crippen molar-refractivity contribution in [1.82, 2.24) is 5.32 Å². The number of hydrogen-bond donors (Lipinski definition) is 1. The highest BCUT2D eigenvalue weighted by molar-refractivity contribution is 4.88. The average Bonchev–Trinajstić information content (AvgIpc) is 2.56. The van der Waals surface area contributed by atoms with E-state index in [2.05, 4.69) is 26.2 Å². The maximum Gasteiger partial charge on any atom is 0.0466 e. The van der Waals surface area contributed by atoms with E-state index in [1.165, 1.54) is 32.1 Å². The van der Waals surface area contributed by atoms with E-state index in [0.29, 0.717) is 5.41 Å². The van der Waals surface area contributed by atoms with E-state index in [1.54, 1.807) is 0 Å². The maximum absolute atomic E-state index is 5.38. The quantitative estimate of drug-likeness (QED) is 0.664. The summed E-state index contributed by atoms with van der Waals surface area (Å²) >= 11 is 0. The van der Waals surface area contributed by atoms with Crippen LogP contribution in [-0.4, -0.2) is 26.3 Å². The Bertz CT molecular complexity index is 160. The molecule has 2 nitrogen and oxygen atoms in total. The molecule has 0 aromatic carbocycles. The second-order valence-electron chi connectivity index (χ2n) is 4.84. The molecule has 1 aliphatic rings. The van der Waals surface area contributed by atoms with Crippen LogP contribution in [0.2, 0.25) is 0 Å². The largest absolute Gasteiger partial charge is 0.382 e. The summed E-state index contributed by atoms with van der Waals surface area (Å²) in [6.07, 6.45) is 6.62. The zero-order valence-electron chi connectivity index (χ0n) is 9.94. The second-order valence-corrected chi connectivity index (χ2v) is 4.84. The maximum atomic E-state index is 5.38. The van der Waals surface area contributed by atoms with E-state index < -0.39 is 0 Å². The fourth-order valence-corrected chi connectivity index (χ4v) is 2.54. The normalized spacial score (nSPS) is 32.4. The molecule has 1 rings (SSSR count). The summed E-state index contributed by atoms with van der Waals surface area (Å²) in [5.74, 6) is 0. The summed E-state index contributed by atoms with van der Waals surface area (Å²) in [5, 5.41) is 3.39.